The molecule has 0 saturated carbocycles. The molecule has 0 spiro atoms. The Morgan fingerprint density at radius 3 is 2.84 bits per heavy atom. The minimum Gasteiger partial charge on any atom is -0.352 e. The van der Waals surface area contributed by atoms with Gasteiger partial charge in [-0.2, -0.15) is 5.10 Å². The van der Waals surface area contributed by atoms with Crippen LogP contribution in [0.5, 0.6) is 0 Å². The first-order valence-corrected chi connectivity index (χ1v) is 8.33. The molecule has 4 rings (SSSR count). The fraction of sp³-hybridized carbons (Fsp3) is 0.211. The van der Waals surface area contributed by atoms with Crippen LogP contribution in [0.4, 0.5) is 0 Å². The topological polar surface area (TPSA) is 86.5 Å². The van der Waals surface area contributed by atoms with E-state index < -0.39 is 0 Å². The molecule has 126 valence electrons. The highest BCUT2D eigenvalue weighted by atomic mass is 16.1. The van der Waals surface area contributed by atoms with Gasteiger partial charge in [-0.1, -0.05) is 32.0 Å². The highest BCUT2D eigenvalue weighted by Crippen LogP contribution is 2.26. The van der Waals surface area contributed by atoms with Gasteiger partial charge < -0.3 is 10.3 Å². The quantitative estimate of drug-likeness (QED) is 0.534. The van der Waals surface area contributed by atoms with Crippen LogP contribution >= 0.6 is 0 Å². The van der Waals surface area contributed by atoms with E-state index in [9.17, 15) is 4.79 Å². The van der Waals surface area contributed by atoms with Gasteiger partial charge in [-0.05, 0) is 30.2 Å². The molecule has 2 aromatic heterocycles. The second-order valence-corrected chi connectivity index (χ2v) is 6.54. The number of nitrogens with zero attached hydrogens (tertiary/aromatic N) is 2. The molecule has 6 heteroatoms. The number of imidazole rings is 1. The summed E-state index contributed by atoms with van der Waals surface area (Å²) < 4.78 is 0. The number of carbonyl (C=O) groups is 1. The van der Waals surface area contributed by atoms with Crippen molar-refractivity contribution in [2.75, 3.05) is 6.54 Å². The van der Waals surface area contributed by atoms with Crippen molar-refractivity contribution in [3.8, 4) is 11.5 Å². The minimum absolute atomic E-state index is 0.0784. The summed E-state index contributed by atoms with van der Waals surface area (Å²) >= 11 is 0. The van der Waals surface area contributed by atoms with Gasteiger partial charge in [-0.3, -0.25) is 9.89 Å². The maximum Gasteiger partial charge on any atom is 0.251 e. The summed E-state index contributed by atoms with van der Waals surface area (Å²) in [6, 6.07) is 13.4. The first kappa shape index (κ1) is 15.4. The zero-order valence-electron chi connectivity index (χ0n) is 14.1. The standard InChI is InChI=1S/C19H19N5O/c1-11(2)10-20-19(25)12-7-8-15-16(9-12)22-18(21-15)17-13-5-3-4-6-14(13)23-24-17/h3-9,11H,10H2,1-2H3,(H,20,25)(H,21,22)(H,23,24). The number of rotatable bonds is 4. The molecule has 2 heterocycles. The normalized spacial score (nSPS) is 11.5. The van der Waals surface area contributed by atoms with Gasteiger partial charge in [0.25, 0.3) is 5.91 Å². The molecule has 0 aliphatic carbocycles. The van der Waals surface area contributed by atoms with Gasteiger partial charge in [0.05, 0.1) is 16.6 Å². The summed E-state index contributed by atoms with van der Waals surface area (Å²) in [5, 5.41) is 11.3. The molecule has 4 aromatic rings. The molecule has 0 saturated heterocycles. The van der Waals surface area contributed by atoms with Crippen LogP contribution in [-0.2, 0) is 0 Å². The second kappa shape index (κ2) is 6.05. The third-order valence-electron chi connectivity index (χ3n) is 4.11. The molecule has 0 radical (unpaired) electrons. The van der Waals surface area contributed by atoms with Crippen molar-refractivity contribution in [2.24, 2.45) is 5.92 Å². The van der Waals surface area contributed by atoms with Crippen molar-refractivity contribution < 1.29 is 4.79 Å². The van der Waals surface area contributed by atoms with Gasteiger partial charge in [0.1, 0.15) is 5.69 Å². The number of fused-ring (bicyclic) bond motifs is 2. The van der Waals surface area contributed by atoms with Crippen LogP contribution in [0, 0.1) is 5.92 Å². The number of nitrogens with one attached hydrogen (secondary N) is 3. The average molecular weight is 333 g/mol. The van der Waals surface area contributed by atoms with Crippen LogP contribution in [0.1, 0.15) is 24.2 Å². The minimum atomic E-state index is -0.0784. The zero-order valence-corrected chi connectivity index (χ0v) is 14.1. The lowest BCUT2D eigenvalue weighted by Gasteiger charge is -2.07. The monoisotopic (exact) mass is 333 g/mol. The van der Waals surface area contributed by atoms with E-state index in [1.165, 1.54) is 0 Å². The van der Waals surface area contributed by atoms with E-state index in [-0.39, 0.29) is 5.91 Å². The summed E-state index contributed by atoms with van der Waals surface area (Å²) in [5.74, 6) is 1.02. The Hall–Kier alpha value is -3.15. The number of para-hydroxylation sites is 1. The average Bonchev–Trinajstić information content (AvgIpc) is 3.22. The van der Waals surface area contributed by atoms with Crippen molar-refractivity contribution >= 4 is 27.8 Å². The maximum absolute atomic E-state index is 12.2. The van der Waals surface area contributed by atoms with E-state index in [1.807, 2.05) is 36.4 Å². The predicted octanol–water partition coefficient (Wildman–Crippen LogP) is 3.49. The lowest BCUT2D eigenvalue weighted by atomic mass is 10.1. The van der Waals surface area contributed by atoms with Gasteiger partial charge in [-0.15, -0.1) is 0 Å². The number of hydrogen-bond donors (Lipinski definition) is 3. The van der Waals surface area contributed by atoms with Crippen molar-refractivity contribution in [1.82, 2.24) is 25.5 Å². The SMILES string of the molecule is CC(C)CNC(=O)c1ccc2[nH]c(-c3n[nH]c4ccccc34)nc2c1. The number of aromatic amines is 2. The van der Waals surface area contributed by atoms with E-state index in [2.05, 4.69) is 39.3 Å². The van der Waals surface area contributed by atoms with Crippen LogP contribution in [0.2, 0.25) is 0 Å². The third-order valence-corrected chi connectivity index (χ3v) is 4.11. The van der Waals surface area contributed by atoms with Crippen LogP contribution in [0.3, 0.4) is 0 Å². The lowest BCUT2D eigenvalue weighted by molar-refractivity contribution is 0.0949. The van der Waals surface area contributed by atoms with Crippen molar-refractivity contribution in [3.63, 3.8) is 0 Å². The second-order valence-electron chi connectivity index (χ2n) is 6.54. The van der Waals surface area contributed by atoms with Crippen LogP contribution < -0.4 is 5.32 Å². The number of aromatic nitrogens is 4. The summed E-state index contributed by atoms with van der Waals surface area (Å²) in [6.07, 6.45) is 0. The Kier molecular flexibility index (Phi) is 3.72. The largest absolute Gasteiger partial charge is 0.352 e. The molecule has 0 fully saturated rings. The smallest absolute Gasteiger partial charge is 0.251 e. The number of hydrogen-bond acceptors (Lipinski definition) is 3. The Morgan fingerprint density at radius 2 is 2.00 bits per heavy atom. The molecule has 1 amide bonds. The molecular weight excluding hydrogens is 314 g/mol. The molecule has 0 bridgehead atoms. The van der Waals surface area contributed by atoms with Crippen LogP contribution in [-0.4, -0.2) is 32.6 Å². The number of benzene rings is 2. The van der Waals surface area contributed by atoms with Crippen molar-refractivity contribution in [3.05, 3.63) is 48.0 Å². The molecule has 0 aliphatic rings. The maximum atomic E-state index is 12.2. The van der Waals surface area contributed by atoms with Crippen molar-refractivity contribution in [2.45, 2.75) is 13.8 Å². The van der Waals surface area contributed by atoms with E-state index in [1.54, 1.807) is 6.07 Å². The van der Waals surface area contributed by atoms with E-state index in [0.717, 1.165) is 27.6 Å². The molecule has 0 atom stereocenters. The molecule has 25 heavy (non-hydrogen) atoms. The molecule has 6 nitrogen and oxygen atoms in total. The molecule has 0 aliphatic heterocycles. The summed E-state index contributed by atoms with van der Waals surface area (Å²) in [6.45, 7) is 4.79. The third kappa shape index (κ3) is 2.87. The molecule has 0 unspecified atom stereocenters. The Bertz CT molecular complexity index is 1060. The van der Waals surface area contributed by atoms with Gasteiger partial charge in [0, 0.05) is 17.5 Å². The summed E-state index contributed by atoms with van der Waals surface area (Å²) in [5.41, 5.74) is 3.98. The van der Waals surface area contributed by atoms with E-state index in [4.69, 9.17) is 0 Å². The van der Waals surface area contributed by atoms with Gasteiger partial charge >= 0.3 is 0 Å². The van der Waals surface area contributed by atoms with Crippen molar-refractivity contribution in [1.29, 1.82) is 0 Å². The highest BCUT2D eigenvalue weighted by molar-refractivity contribution is 5.98. The number of amides is 1. The fourth-order valence-corrected chi connectivity index (χ4v) is 2.80. The highest BCUT2D eigenvalue weighted by Gasteiger charge is 2.14. The van der Waals surface area contributed by atoms with Crippen LogP contribution in [0.15, 0.2) is 42.5 Å². The predicted molar refractivity (Wildman–Crippen MR) is 98.4 cm³/mol. The van der Waals surface area contributed by atoms with E-state index in [0.29, 0.717) is 23.9 Å². The van der Waals surface area contributed by atoms with Gasteiger partial charge in [-0.25, -0.2) is 4.98 Å². The molecule has 3 N–H and O–H groups in total. The van der Waals surface area contributed by atoms with Gasteiger partial charge in [0.2, 0.25) is 0 Å². The zero-order chi connectivity index (χ0) is 17.4. The summed E-state index contributed by atoms with van der Waals surface area (Å²) in [7, 11) is 0. The molecule has 2 aromatic carbocycles. The fourth-order valence-electron chi connectivity index (χ4n) is 2.80. The lowest BCUT2D eigenvalue weighted by Crippen LogP contribution is -2.27. The van der Waals surface area contributed by atoms with E-state index >= 15 is 0 Å². The summed E-state index contributed by atoms with van der Waals surface area (Å²) in [4.78, 5) is 20.1. The van der Waals surface area contributed by atoms with Gasteiger partial charge in [0.15, 0.2) is 5.82 Å². The molecular formula is C19H19N5O. The Morgan fingerprint density at radius 1 is 1.16 bits per heavy atom. The Balaban J connectivity index is 1.70. The number of H-pyrrole nitrogens is 2. The number of carbonyl (C=O) groups excluding carboxylic acids is 1. The first-order valence-electron chi connectivity index (χ1n) is 8.33. The van der Waals surface area contributed by atoms with Crippen LogP contribution in [0.25, 0.3) is 33.5 Å². The Labute approximate surface area is 144 Å². The first-order chi connectivity index (χ1) is 12.1.